The highest BCUT2D eigenvalue weighted by Gasteiger charge is 2.47. The van der Waals surface area contributed by atoms with Crippen molar-refractivity contribution in [1.82, 2.24) is 15.3 Å². The number of alkyl halides is 3. The molecular formula is C30H32F3N5O3S2. The third-order valence-electron chi connectivity index (χ3n) is 8.60. The highest BCUT2D eigenvalue weighted by molar-refractivity contribution is 8.24. The molecule has 3 N–H and O–H groups in total. The van der Waals surface area contributed by atoms with Crippen LogP contribution in [-0.4, -0.2) is 55.1 Å². The van der Waals surface area contributed by atoms with E-state index in [1.807, 2.05) is 24.3 Å². The molecule has 2 aliphatic carbocycles. The number of pyridine rings is 1. The second-order valence-electron chi connectivity index (χ2n) is 11.6. The fourth-order valence-electron chi connectivity index (χ4n) is 5.93. The Labute approximate surface area is 253 Å². The van der Waals surface area contributed by atoms with E-state index in [1.54, 1.807) is 0 Å². The van der Waals surface area contributed by atoms with Crippen LogP contribution in [0.1, 0.15) is 55.8 Å². The maximum atomic E-state index is 13.5. The van der Waals surface area contributed by atoms with Crippen molar-refractivity contribution in [3.05, 3.63) is 54.0 Å². The zero-order chi connectivity index (χ0) is 30.4. The Morgan fingerprint density at radius 1 is 1.09 bits per heavy atom. The molecule has 1 amide bonds. The van der Waals surface area contributed by atoms with Gasteiger partial charge in [0.2, 0.25) is 5.91 Å². The lowest BCUT2D eigenvalue weighted by Gasteiger charge is -2.41. The summed E-state index contributed by atoms with van der Waals surface area (Å²) in [4.78, 5) is 24.8. The van der Waals surface area contributed by atoms with Gasteiger partial charge in [0.05, 0.1) is 28.1 Å². The Morgan fingerprint density at radius 3 is 2.44 bits per heavy atom. The summed E-state index contributed by atoms with van der Waals surface area (Å²) in [5.74, 6) is -0.176. The molecule has 2 aromatic heterocycles. The predicted octanol–water partition coefficient (Wildman–Crippen LogP) is 6.91. The maximum absolute atomic E-state index is 13.5. The summed E-state index contributed by atoms with van der Waals surface area (Å²) in [5, 5.41) is 12.9. The molecule has 3 aromatic rings. The molecule has 1 saturated heterocycles. The van der Waals surface area contributed by atoms with Crippen molar-refractivity contribution in [2.45, 2.75) is 56.2 Å². The van der Waals surface area contributed by atoms with Crippen LogP contribution in [0.3, 0.4) is 0 Å². The molecule has 0 bridgehead atoms. The number of nitriles is 1. The van der Waals surface area contributed by atoms with Gasteiger partial charge >= 0.3 is 6.18 Å². The minimum Gasteiger partial charge on any atom is -0.368 e. The first-order chi connectivity index (χ1) is 20.5. The molecule has 0 unspecified atom stereocenters. The van der Waals surface area contributed by atoms with E-state index in [4.69, 9.17) is 4.98 Å². The number of hydrogen-bond acceptors (Lipinski definition) is 8. The van der Waals surface area contributed by atoms with Crippen molar-refractivity contribution >= 4 is 33.5 Å². The summed E-state index contributed by atoms with van der Waals surface area (Å²) >= 11 is 1.30. The highest BCUT2D eigenvalue weighted by Crippen LogP contribution is 2.47. The average Bonchev–Trinajstić information content (AvgIpc) is 3.63. The van der Waals surface area contributed by atoms with Gasteiger partial charge in [-0.1, -0.05) is 25.0 Å². The molecule has 2 saturated carbocycles. The van der Waals surface area contributed by atoms with Crippen molar-refractivity contribution in [2.24, 2.45) is 5.92 Å². The second kappa shape index (κ2) is 11.4. The number of aromatic nitrogens is 2. The van der Waals surface area contributed by atoms with Crippen molar-refractivity contribution in [3.8, 4) is 27.1 Å². The molecule has 3 fully saturated rings. The molecule has 8 nitrogen and oxygen atoms in total. The van der Waals surface area contributed by atoms with Crippen LogP contribution in [0, 0.1) is 17.2 Å². The zero-order valence-corrected chi connectivity index (χ0v) is 24.9. The molecule has 6 rings (SSSR count). The number of carbonyl (C=O) groups excluding carboxylic acids is 1. The van der Waals surface area contributed by atoms with Gasteiger partial charge in [0.1, 0.15) is 16.2 Å². The molecule has 13 heteroatoms. The Hall–Kier alpha value is -3.18. The number of anilines is 1. The standard InChI is InChI=1S/C30H32F3N5O3S2/c31-30(32,33)24-17-20(9-12-35-24)28-36-25(22-3-1-2-4-23(22)27(39)37-29(18-34)10-11-29)26(42-28)19-5-7-21(8-6-19)38-13-15-43(40,41)16-14-38/h5-9,12,17,22-23,40-41H,1-4,10-11,13-16H2,(H,37,39)/t22-,23-/m1/s1. The van der Waals surface area contributed by atoms with Crippen LogP contribution in [-0.2, 0) is 11.0 Å². The van der Waals surface area contributed by atoms with Crippen molar-refractivity contribution < 1.29 is 27.1 Å². The summed E-state index contributed by atoms with van der Waals surface area (Å²) in [6, 6.07) is 12.5. The number of thiazole rings is 1. The van der Waals surface area contributed by atoms with Crippen molar-refractivity contribution in [1.29, 1.82) is 5.26 Å². The number of halogens is 3. The van der Waals surface area contributed by atoms with Gasteiger partial charge in [-0.15, -0.1) is 11.3 Å². The first-order valence-electron chi connectivity index (χ1n) is 14.3. The number of rotatable bonds is 6. The normalized spacial score (nSPS) is 23.7. The molecule has 43 heavy (non-hydrogen) atoms. The van der Waals surface area contributed by atoms with Gasteiger partial charge in [0, 0.05) is 42.4 Å². The lowest BCUT2D eigenvalue weighted by Crippen LogP contribution is -2.42. The molecule has 1 aromatic carbocycles. The van der Waals surface area contributed by atoms with Crippen molar-refractivity contribution in [2.75, 3.05) is 29.5 Å². The number of carbonyl (C=O) groups is 1. The van der Waals surface area contributed by atoms with Gasteiger partial charge in [-0.3, -0.25) is 18.9 Å². The van der Waals surface area contributed by atoms with Gasteiger partial charge in [0.15, 0.2) is 0 Å². The summed E-state index contributed by atoms with van der Waals surface area (Å²) in [6.45, 7) is 1.06. The van der Waals surface area contributed by atoms with Gasteiger partial charge in [0.25, 0.3) is 0 Å². The molecule has 0 radical (unpaired) electrons. The summed E-state index contributed by atoms with van der Waals surface area (Å²) < 4.78 is 60.4. The largest absolute Gasteiger partial charge is 0.433 e. The smallest absolute Gasteiger partial charge is 0.368 e. The minimum absolute atomic E-state index is 0.168. The minimum atomic E-state index is -4.59. The third kappa shape index (κ3) is 6.38. The molecule has 1 aliphatic heterocycles. The van der Waals surface area contributed by atoms with E-state index in [0.29, 0.717) is 66.5 Å². The Morgan fingerprint density at radius 2 is 1.79 bits per heavy atom. The maximum Gasteiger partial charge on any atom is 0.433 e. The van der Waals surface area contributed by atoms with Crippen LogP contribution in [0.4, 0.5) is 18.9 Å². The van der Waals surface area contributed by atoms with Crippen molar-refractivity contribution in [3.63, 3.8) is 0 Å². The van der Waals surface area contributed by atoms with Crippen LogP contribution in [0.25, 0.3) is 21.0 Å². The monoisotopic (exact) mass is 631 g/mol. The molecule has 3 aliphatic rings. The van der Waals surface area contributed by atoms with Gasteiger partial charge in [-0.25, -0.2) is 4.98 Å². The first-order valence-corrected chi connectivity index (χ1v) is 17.0. The fraction of sp³-hybridized carbons (Fsp3) is 0.467. The fourth-order valence-corrected chi connectivity index (χ4v) is 8.30. The molecule has 0 spiro atoms. The predicted molar refractivity (Wildman–Crippen MR) is 161 cm³/mol. The molecule has 2 atom stereocenters. The number of nitrogens with one attached hydrogen (secondary N) is 1. The van der Waals surface area contributed by atoms with E-state index >= 15 is 0 Å². The molecule has 228 valence electrons. The third-order valence-corrected chi connectivity index (χ3v) is 11.4. The summed E-state index contributed by atoms with van der Waals surface area (Å²) in [6.07, 6.45) is 0.910. The lowest BCUT2D eigenvalue weighted by molar-refractivity contribution is -0.141. The number of nitrogens with zero attached hydrogens (tertiary/aromatic N) is 4. The SMILES string of the molecule is N#CC1(NC(=O)[C@@H]2CCCC[C@H]2c2nc(-c3ccnc(C(F)(F)F)c3)sc2-c2ccc(N3CCS(O)(O)CC3)cc2)CC1. The number of amides is 1. The van der Waals surface area contributed by atoms with E-state index in [9.17, 15) is 32.3 Å². The summed E-state index contributed by atoms with van der Waals surface area (Å²) in [7, 11) is -2.52. The van der Waals surface area contributed by atoms with Crippen LogP contribution < -0.4 is 10.2 Å². The van der Waals surface area contributed by atoms with Crippen LogP contribution in [0.15, 0.2) is 42.6 Å². The Kier molecular flexibility index (Phi) is 7.91. The molecule has 3 heterocycles. The van der Waals surface area contributed by atoms with Crippen LogP contribution in [0.5, 0.6) is 0 Å². The van der Waals surface area contributed by atoms with Gasteiger partial charge in [-0.2, -0.15) is 29.0 Å². The quantitative estimate of drug-likeness (QED) is 0.270. The van der Waals surface area contributed by atoms with E-state index in [-0.39, 0.29) is 11.8 Å². The highest BCUT2D eigenvalue weighted by atomic mass is 32.3. The zero-order valence-electron chi connectivity index (χ0n) is 23.3. The second-order valence-corrected chi connectivity index (χ2v) is 15.0. The van der Waals surface area contributed by atoms with Crippen LogP contribution >= 0.6 is 21.9 Å². The van der Waals surface area contributed by atoms with Gasteiger partial charge < -0.3 is 10.2 Å². The number of hydrogen-bond donors (Lipinski definition) is 3. The summed E-state index contributed by atoms with van der Waals surface area (Å²) in [5.41, 5.74) is 0.988. The van der Waals surface area contributed by atoms with E-state index < -0.39 is 33.9 Å². The van der Waals surface area contributed by atoms with E-state index in [1.165, 1.54) is 17.4 Å². The Balaban J connectivity index is 1.37. The van der Waals surface area contributed by atoms with Crippen LogP contribution in [0.2, 0.25) is 0 Å². The van der Waals surface area contributed by atoms with E-state index in [0.717, 1.165) is 41.2 Å². The van der Waals surface area contributed by atoms with E-state index in [2.05, 4.69) is 21.3 Å². The van der Waals surface area contributed by atoms with Gasteiger partial charge in [-0.05, 0) is 55.5 Å². The topological polar surface area (TPSA) is 122 Å². The first kappa shape index (κ1) is 29.9. The number of benzene rings is 1. The lowest BCUT2D eigenvalue weighted by atomic mass is 9.76. The molecular weight excluding hydrogens is 599 g/mol. The Bertz CT molecular complexity index is 1540. The average molecular weight is 632 g/mol.